The topological polar surface area (TPSA) is 51.1 Å². The lowest BCUT2D eigenvalue weighted by Crippen LogP contribution is -2.22. The van der Waals surface area contributed by atoms with E-state index in [0.717, 1.165) is 10.7 Å². The number of hydrogen-bond acceptors (Lipinski definition) is 2. The van der Waals surface area contributed by atoms with Crippen molar-refractivity contribution in [2.75, 3.05) is 5.32 Å². The van der Waals surface area contributed by atoms with E-state index in [1.165, 1.54) is 10.6 Å². The van der Waals surface area contributed by atoms with E-state index in [0.29, 0.717) is 15.7 Å². The molecular formula is C18H11Br2F3N2O2. The highest BCUT2D eigenvalue weighted by Gasteiger charge is 2.40. The molecule has 140 valence electrons. The number of hydrogen-bond donors (Lipinski definition) is 1. The van der Waals surface area contributed by atoms with Crippen molar-refractivity contribution in [2.45, 2.75) is 12.7 Å². The molecule has 1 amide bonds. The lowest BCUT2D eigenvalue weighted by atomic mass is 10.1. The smallest absolute Gasteiger partial charge is 0.337 e. The molecule has 0 fully saturated rings. The number of benzene rings is 2. The van der Waals surface area contributed by atoms with Crippen molar-refractivity contribution in [3.63, 3.8) is 0 Å². The SMILES string of the molecule is O=C(Cn1cc(C(=O)C(F)(F)F)c2cc(Br)ccc21)Nc1ccc(Br)cc1. The van der Waals surface area contributed by atoms with Crippen LogP contribution in [0.5, 0.6) is 0 Å². The minimum Gasteiger partial charge on any atom is -0.337 e. The van der Waals surface area contributed by atoms with Crippen molar-refractivity contribution < 1.29 is 22.8 Å². The van der Waals surface area contributed by atoms with Gasteiger partial charge >= 0.3 is 6.18 Å². The molecule has 0 saturated heterocycles. The molecule has 0 aliphatic carbocycles. The monoisotopic (exact) mass is 502 g/mol. The van der Waals surface area contributed by atoms with Crippen LogP contribution in [-0.2, 0) is 11.3 Å². The van der Waals surface area contributed by atoms with Gasteiger partial charge < -0.3 is 9.88 Å². The van der Waals surface area contributed by atoms with Crippen LogP contribution >= 0.6 is 31.9 Å². The largest absolute Gasteiger partial charge is 0.454 e. The van der Waals surface area contributed by atoms with Crippen LogP contribution < -0.4 is 5.32 Å². The summed E-state index contributed by atoms with van der Waals surface area (Å²) in [6.45, 7) is -0.237. The molecule has 3 rings (SSSR count). The van der Waals surface area contributed by atoms with Crippen LogP contribution in [0.15, 0.2) is 57.6 Å². The highest BCUT2D eigenvalue weighted by Crippen LogP contribution is 2.30. The Kier molecular flexibility index (Phi) is 5.43. The Labute approximate surface area is 168 Å². The molecule has 0 bridgehead atoms. The van der Waals surface area contributed by atoms with Gasteiger partial charge in [-0.15, -0.1) is 0 Å². The minimum absolute atomic E-state index is 0.128. The van der Waals surface area contributed by atoms with E-state index < -0.39 is 23.4 Å². The van der Waals surface area contributed by atoms with Crippen LogP contribution in [0.3, 0.4) is 0 Å². The zero-order chi connectivity index (χ0) is 19.8. The predicted molar refractivity (Wildman–Crippen MR) is 103 cm³/mol. The number of fused-ring (bicyclic) bond motifs is 1. The van der Waals surface area contributed by atoms with Gasteiger partial charge in [0.05, 0.1) is 5.56 Å². The Morgan fingerprint density at radius 1 is 1.00 bits per heavy atom. The molecule has 1 aromatic heterocycles. The highest BCUT2D eigenvalue weighted by atomic mass is 79.9. The van der Waals surface area contributed by atoms with Gasteiger partial charge in [-0.1, -0.05) is 31.9 Å². The molecule has 4 nitrogen and oxygen atoms in total. The molecule has 0 radical (unpaired) electrons. The number of ketones is 1. The third-order valence-corrected chi connectivity index (χ3v) is 4.81. The van der Waals surface area contributed by atoms with Gasteiger partial charge in [-0.2, -0.15) is 13.2 Å². The molecule has 0 spiro atoms. The quantitative estimate of drug-likeness (QED) is 0.474. The fourth-order valence-electron chi connectivity index (χ4n) is 2.62. The van der Waals surface area contributed by atoms with E-state index in [1.54, 1.807) is 36.4 Å². The number of halogens is 5. The zero-order valence-corrected chi connectivity index (χ0v) is 16.7. The Morgan fingerprint density at radius 3 is 2.26 bits per heavy atom. The van der Waals surface area contributed by atoms with Gasteiger partial charge in [0.2, 0.25) is 5.91 Å². The summed E-state index contributed by atoms with van der Waals surface area (Å²) in [6, 6.07) is 11.5. The fourth-order valence-corrected chi connectivity index (χ4v) is 3.25. The van der Waals surface area contributed by atoms with Crippen molar-refractivity contribution >= 4 is 60.1 Å². The number of anilines is 1. The number of carbonyl (C=O) groups excluding carboxylic acids is 2. The van der Waals surface area contributed by atoms with Gasteiger partial charge in [-0.3, -0.25) is 9.59 Å². The number of amides is 1. The molecule has 2 aromatic carbocycles. The summed E-state index contributed by atoms with van der Waals surface area (Å²) in [5.41, 5.74) is 0.418. The molecule has 0 aliphatic rings. The average molecular weight is 504 g/mol. The highest BCUT2D eigenvalue weighted by molar-refractivity contribution is 9.10. The standard InChI is InChI=1S/C18H11Br2F3N2O2/c19-10-1-4-12(5-2-10)24-16(26)9-25-8-14(17(27)18(21,22)23)13-7-11(20)3-6-15(13)25/h1-8H,9H2,(H,24,26). The number of aromatic nitrogens is 1. The molecule has 27 heavy (non-hydrogen) atoms. The van der Waals surface area contributed by atoms with Crippen LogP contribution in [0.2, 0.25) is 0 Å². The molecule has 3 aromatic rings. The van der Waals surface area contributed by atoms with Crippen molar-refractivity contribution in [3.8, 4) is 0 Å². The van der Waals surface area contributed by atoms with Crippen molar-refractivity contribution in [2.24, 2.45) is 0 Å². The number of alkyl halides is 3. The first-order valence-electron chi connectivity index (χ1n) is 7.60. The van der Waals surface area contributed by atoms with Gasteiger partial charge in [0.15, 0.2) is 0 Å². The van der Waals surface area contributed by atoms with Gasteiger partial charge in [0.25, 0.3) is 5.78 Å². The second-order valence-corrected chi connectivity index (χ2v) is 7.55. The average Bonchev–Trinajstić information content (AvgIpc) is 2.92. The van der Waals surface area contributed by atoms with Crippen LogP contribution in [-0.4, -0.2) is 22.4 Å². The molecular weight excluding hydrogens is 493 g/mol. The first kappa shape index (κ1) is 19.6. The Hall–Kier alpha value is -2.13. The molecule has 0 saturated carbocycles. The van der Waals surface area contributed by atoms with E-state index >= 15 is 0 Å². The summed E-state index contributed by atoms with van der Waals surface area (Å²) in [6.07, 6.45) is -3.94. The number of nitrogens with one attached hydrogen (secondary N) is 1. The van der Waals surface area contributed by atoms with E-state index in [1.807, 2.05) is 0 Å². The maximum atomic E-state index is 12.9. The maximum Gasteiger partial charge on any atom is 0.454 e. The van der Waals surface area contributed by atoms with Crippen LogP contribution in [0, 0.1) is 0 Å². The Balaban J connectivity index is 1.93. The molecule has 9 heteroatoms. The van der Waals surface area contributed by atoms with Crippen LogP contribution in [0.25, 0.3) is 10.9 Å². The molecule has 0 aliphatic heterocycles. The van der Waals surface area contributed by atoms with E-state index in [2.05, 4.69) is 37.2 Å². The lowest BCUT2D eigenvalue weighted by Gasteiger charge is -2.07. The Bertz CT molecular complexity index is 1030. The summed E-state index contributed by atoms with van der Waals surface area (Å²) in [7, 11) is 0. The molecule has 0 atom stereocenters. The number of carbonyl (C=O) groups is 2. The molecule has 0 unspecified atom stereocenters. The first-order chi connectivity index (χ1) is 12.6. The van der Waals surface area contributed by atoms with Gasteiger partial charge in [-0.05, 0) is 42.5 Å². The number of nitrogens with zero attached hydrogens (tertiary/aromatic N) is 1. The van der Waals surface area contributed by atoms with Crippen LogP contribution in [0.4, 0.5) is 18.9 Å². The second-order valence-electron chi connectivity index (χ2n) is 5.71. The zero-order valence-electron chi connectivity index (χ0n) is 13.5. The normalized spacial score (nSPS) is 11.6. The lowest BCUT2D eigenvalue weighted by molar-refractivity contribution is -0.116. The number of rotatable bonds is 4. The third kappa shape index (κ3) is 4.41. The summed E-state index contributed by atoms with van der Waals surface area (Å²) in [5, 5.41) is 2.79. The van der Waals surface area contributed by atoms with Crippen molar-refractivity contribution in [1.29, 1.82) is 0 Å². The number of Topliss-reactive ketones (excluding diaryl/α,β-unsaturated/α-hetero) is 1. The van der Waals surface area contributed by atoms with Gasteiger partial charge in [-0.25, -0.2) is 0 Å². The Morgan fingerprint density at radius 2 is 1.63 bits per heavy atom. The summed E-state index contributed by atoms with van der Waals surface area (Å²) in [4.78, 5) is 24.0. The van der Waals surface area contributed by atoms with E-state index in [9.17, 15) is 22.8 Å². The summed E-state index contributed by atoms with van der Waals surface area (Å²) in [5.74, 6) is -2.37. The third-order valence-electron chi connectivity index (χ3n) is 3.79. The predicted octanol–water partition coefficient (Wildman–Crippen LogP) is 5.55. The summed E-state index contributed by atoms with van der Waals surface area (Å²) >= 11 is 6.48. The minimum atomic E-state index is -5.00. The van der Waals surface area contributed by atoms with E-state index in [-0.39, 0.29) is 11.9 Å². The van der Waals surface area contributed by atoms with Crippen molar-refractivity contribution in [1.82, 2.24) is 4.57 Å². The van der Waals surface area contributed by atoms with Crippen molar-refractivity contribution in [3.05, 3.63) is 63.2 Å². The molecule has 1 heterocycles. The molecule has 1 N–H and O–H groups in total. The van der Waals surface area contributed by atoms with Gasteiger partial charge in [0, 0.05) is 31.7 Å². The fraction of sp³-hybridized carbons (Fsp3) is 0.111. The van der Waals surface area contributed by atoms with Gasteiger partial charge in [0.1, 0.15) is 6.54 Å². The van der Waals surface area contributed by atoms with Crippen LogP contribution in [0.1, 0.15) is 10.4 Å². The first-order valence-corrected chi connectivity index (χ1v) is 9.19. The maximum absolute atomic E-state index is 12.9. The van der Waals surface area contributed by atoms with E-state index in [4.69, 9.17) is 0 Å². The second kappa shape index (κ2) is 7.47. The summed E-state index contributed by atoms with van der Waals surface area (Å²) < 4.78 is 41.4.